The van der Waals surface area contributed by atoms with E-state index in [-0.39, 0.29) is 29.3 Å². The quantitative estimate of drug-likeness (QED) is 0.381. The van der Waals surface area contributed by atoms with Gasteiger partial charge in [0.05, 0.1) is 0 Å². The van der Waals surface area contributed by atoms with Crippen molar-refractivity contribution >= 4 is 11.6 Å². The number of benzene rings is 2. The van der Waals surface area contributed by atoms with Crippen LogP contribution < -0.4 is 11.5 Å². The summed E-state index contributed by atoms with van der Waals surface area (Å²) in [6, 6.07) is 19.1. The molecule has 0 saturated carbocycles. The summed E-state index contributed by atoms with van der Waals surface area (Å²) in [5, 5.41) is 10.4. The summed E-state index contributed by atoms with van der Waals surface area (Å²) in [5.74, 6) is 0.125. The van der Waals surface area contributed by atoms with E-state index in [4.69, 9.17) is 11.5 Å². The predicted octanol–water partition coefficient (Wildman–Crippen LogP) is 3.85. The Labute approximate surface area is 198 Å². The fourth-order valence-electron chi connectivity index (χ4n) is 4.06. The van der Waals surface area contributed by atoms with Gasteiger partial charge in [0.25, 0.3) is 0 Å². The Morgan fingerprint density at radius 3 is 1.94 bits per heavy atom. The molecule has 5 N–H and O–H groups in total. The van der Waals surface area contributed by atoms with E-state index < -0.39 is 12.1 Å². The van der Waals surface area contributed by atoms with Gasteiger partial charge in [-0.2, -0.15) is 0 Å². The lowest BCUT2D eigenvalue weighted by Crippen LogP contribution is -2.42. The molecule has 0 aliphatic heterocycles. The predicted molar refractivity (Wildman–Crippen MR) is 134 cm³/mol. The molecule has 180 valence electrons. The first-order valence-electron chi connectivity index (χ1n) is 12.0. The van der Waals surface area contributed by atoms with E-state index in [1.54, 1.807) is 0 Å². The van der Waals surface area contributed by atoms with Crippen LogP contribution in [0.15, 0.2) is 60.7 Å². The summed E-state index contributed by atoms with van der Waals surface area (Å²) in [4.78, 5) is 25.1. The Morgan fingerprint density at radius 1 is 0.879 bits per heavy atom. The molecule has 5 nitrogen and oxygen atoms in total. The molecular weight excluding hydrogens is 412 g/mol. The lowest BCUT2D eigenvalue weighted by atomic mass is 9.80. The van der Waals surface area contributed by atoms with Crippen molar-refractivity contribution in [3.8, 4) is 0 Å². The summed E-state index contributed by atoms with van der Waals surface area (Å²) in [5.41, 5.74) is 14.0. The first-order chi connectivity index (χ1) is 15.7. The number of hydrogen-bond donors (Lipinski definition) is 3. The van der Waals surface area contributed by atoms with Crippen molar-refractivity contribution in [1.82, 2.24) is 0 Å². The third-order valence-electron chi connectivity index (χ3n) is 6.40. The van der Waals surface area contributed by atoms with Gasteiger partial charge in [0.15, 0.2) is 5.78 Å². The zero-order valence-corrected chi connectivity index (χ0v) is 20.1. The fraction of sp³-hybridized carbons (Fsp3) is 0.500. The molecule has 3 unspecified atom stereocenters. The van der Waals surface area contributed by atoms with E-state index in [0.29, 0.717) is 38.6 Å². The van der Waals surface area contributed by atoms with Crippen LogP contribution in [0.3, 0.4) is 0 Å². The number of rotatable bonds is 15. The maximum absolute atomic E-state index is 12.6. The summed E-state index contributed by atoms with van der Waals surface area (Å²) in [7, 11) is 0. The highest BCUT2D eigenvalue weighted by Gasteiger charge is 2.27. The second-order valence-electron chi connectivity index (χ2n) is 9.96. The topological polar surface area (TPSA) is 106 Å². The monoisotopic (exact) mass is 452 g/mol. The number of Topliss-reactive ketones (excluding diaryl/α,β-unsaturated/α-hetero) is 2. The molecule has 2 rings (SSSR count). The molecule has 0 aromatic heterocycles. The molecule has 0 saturated heterocycles. The minimum atomic E-state index is -1.18. The Bertz CT molecular complexity index is 852. The Hall–Kier alpha value is -2.34. The van der Waals surface area contributed by atoms with E-state index >= 15 is 0 Å². The number of carbonyl (C=O) groups excluding carboxylic acids is 2. The highest BCUT2D eigenvalue weighted by molar-refractivity contribution is 5.83. The zero-order valence-electron chi connectivity index (χ0n) is 20.1. The number of nitrogens with two attached hydrogens (primary N) is 2. The van der Waals surface area contributed by atoms with Crippen LogP contribution in [-0.2, 0) is 22.4 Å². The van der Waals surface area contributed by atoms with Gasteiger partial charge in [-0.15, -0.1) is 0 Å². The lowest BCUT2D eigenvalue weighted by molar-refractivity contribution is -0.128. The summed E-state index contributed by atoms with van der Waals surface area (Å²) < 4.78 is 0. The third kappa shape index (κ3) is 9.99. The maximum atomic E-state index is 12.6. The van der Waals surface area contributed by atoms with Crippen molar-refractivity contribution in [2.75, 3.05) is 6.54 Å². The van der Waals surface area contributed by atoms with Crippen LogP contribution in [0.25, 0.3) is 0 Å². The Balaban J connectivity index is 1.74. The van der Waals surface area contributed by atoms with Gasteiger partial charge in [-0.25, -0.2) is 0 Å². The molecular formula is C28H40N2O3. The molecule has 2 aromatic carbocycles. The number of carbonyl (C=O) groups is 2. The van der Waals surface area contributed by atoms with Crippen LogP contribution in [0.2, 0.25) is 0 Å². The van der Waals surface area contributed by atoms with Gasteiger partial charge in [-0.05, 0) is 54.7 Å². The van der Waals surface area contributed by atoms with Gasteiger partial charge >= 0.3 is 0 Å². The fourth-order valence-corrected chi connectivity index (χ4v) is 4.06. The standard InChI is InChI=1S/C28H40N2O3/c1-28(2,15-13-24(31)18-23(20-29)17-21-9-5-3-6-10-21)16-14-26(32)27(33)25(30)19-22-11-7-4-8-12-22/h3-12,23,25,27,33H,13-20,29-30H2,1-2H3. The van der Waals surface area contributed by atoms with Crippen LogP contribution in [0.5, 0.6) is 0 Å². The first kappa shape index (κ1) is 26.9. The maximum Gasteiger partial charge on any atom is 0.162 e. The van der Waals surface area contributed by atoms with Gasteiger partial charge in [0, 0.05) is 25.3 Å². The molecule has 5 heteroatoms. The van der Waals surface area contributed by atoms with Crippen molar-refractivity contribution in [3.05, 3.63) is 71.8 Å². The van der Waals surface area contributed by atoms with Gasteiger partial charge in [-0.3, -0.25) is 9.59 Å². The van der Waals surface area contributed by atoms with E-state index in [2.05, 4.69) is 26.0 Å². The van der Waals surface area contributed by atoms with Crippen molar-refractivity contribution in [2.45, 2.75) is 70.9 Å². The van der Waals surface area contributed by atoms with Crippen molar-refractivity contribution in [2.24, 2.45) is 22.8 Å². The molecule has 3 atom stereocenters. The second kappa shape index (κ2) is 13.4. The molecule has 0 aliphatic carbocycles. The van der Waals surface area contributed by atoms with Crippen LogP contribution in [0, 0.1) is 11.3 Å². The molecule has 0 heterocycles. The van der Waals surface area contributed by atoms with Gasteiger partial charge in [0.2, 0.25) is 0 Å². The highest BCUT2D eigenvalue weighted by Crippen LogP contribution is 2.29. The van der Waals surface area contributed by atoms with E-state index in [1.807, 2.05) is 48.5 Å². The average Bonchev–Trinajstić information content (AvgIpc) is 2.81. The zero-order chi connectivity index (χ0) is 24.3. The van der Waals surface area contributed by atoms with E-state index in [0.717, 1.165) is 12.0 Å². The smallest absolute Gasteiger partial charge is 0.162 e. The first-order valence-corrected chi connectivity index (χ1v) is 12.0. The Kier molecular flexibility index (Phi) is 10.9. The molecule has 0 fully saturated rings. The van der Waals surface area contributed by atoms with Crippen LogP contribution in [0.1, 0.15) is 57.1 Å². The van der Waals surface area contributed by atoms with Gasteiger partial charge < -0.3 is 16.6 Å². The molecule has 2 aromatic rings. The second-order valence-corrected chi connectivity index (χ2v) is 9.96. The van der Waals surface area contributed by atoms with E-state index in [9.17, 15) is 14.7 Å². The largest absolute Gasteiger partial charge is 0.384 e. The minimum Gasteiger partial charge on any atom is -0.384 e. The normalized spacial score (nSPS) is 14.5. The van der Waals surface area contributed by atoms with Crippen molar-refractivity contribution < 1.29 is 14.7 Å². The minimum absolute atomic E-state index is 0.144. The average molecular weight is 453 g/mol. The van der Waals surface area contributed by atoms with Gasteiger partial charge in [-0.1, -0.05) is 74.5 Å². The number of ketones is 2. The SMILES string of the molecule is CC(C)(CCC(=O)CC(CN)Cc1ccccc1)CCC(=O)C(O)C(N)Cc1ccccc1. The summed E-state index contributed by atoms with van der Waals surface area (Å²) in [6.07, 6.45) is 2.61. The number of aliphatic hydroxyl groups is 1. The Morgan fingerprint density at radius 2 is 1.39 bits per heavy atom. The molecule has 0 radical (unpaired) electrons. The molecule has 0 aliphatic rings. The molecule has 0 spiro atoms. The highest BCUT2D eigenvalue weighted by atomic mass is 16.3. The summed E-state index contributed by atoms with van der Waals surface area (Å²) in [6.45, 7) is 4.61. The van der Waals surface area contributed by atoms with Crippen LogP contribution >= 0.6 is 0 Å². The third-order valence-corrected chi connectivity index (χ3v) is 6.40. The van der Waals surface area contributed by atoms with E-state index in [1.165, 1.54) is 5.56 Å². The molecule has 0 amide bonds. The molecule has 33 heavy (non-hydrogen) atoms. The van der Waals surface area contributed by atoms with Gasteiger partial charge in [0.1, 0.15) is 11.9 Å². The lowest BCUT2D eigenvalue weighted by Gasteiger charge is -2.26. The van der Waals surface area contributed by atoms with Crippen molar-refractivity contribution in [1.29, 1.82) is 0 Å². The number of hydrogen-bond acceptors (Lipinski definition) is 5. The molecule has 0 bridgehead atoms. The van der Waals surface area contributed by atoms with Crippen molar-refractivity contribution in [3.63, 3.8) is 0 Å². The summed E-state index contributed by atoms with van der Waals surface area (Å²) >= 11 is 0. The van der Waals surface area contributed by atoms with Crippen LogP contribution in [0.4, 0.5) is 0 Å². The van der Waals surface area contributed by atoms with Crippen LogP contribution in [-0.4, -0.2) is 35.4 Å². The number of aliphatic hydroxyl groups excluding tert-OH is 1.